The topological polar surface area (TPSA) is 194 Å². The number of hydrogen-bond donors (Lipinski definition) is 5. The van der Waals surface area contributed by atoms with Crippen LogP contribution in [0.3, 0.4) is 0 Å². The molecule has 0 saturated carbocycles. The number of allylic oxidation sites excluding steroid dienone is 1. The minimum atomic E-state index is -1.31. The van der Waals surface area contributed by atoms with Crippen LogP contribution >= 0.6 is 15.9 Å². The van der Waals surface area contributed by atoms with Crippen LogP contribution in [0.2, 0.25) is 0 Å². The molecule has 5 N–H and O–H groups in total. The summed E-state index contributed by atoms with van der Waals surface area (Å²) in [6.45, 7) is 3.36. The monoisotopic (exact) mass is 607 g/mol. The Hall–Kier alpha value is -4.37. The number of nitro groups is 1. The van der Waals surface area contributed by atoms with Gasteiger partial charge in [0.1, 0.15) is 6.61 Å². The second-order valence-electron chi connectivity index (χ2n) is 8.03. The molecule has 2 amide bonds. The summed E-state index contributed by atoms with van der Waals surface area (Å²) < 4.78 is 16.6. The lowest BCUT2D eigenvalue weighted by Gasteiger charge is -2.28. The number of ether oxygens (including phenoxy) is 3. The molecule has 0 radical (unpaired) electrons. The highest BCUT2D eigenvalue weighted by molar-refractivity contribution is 9.10. The Bertz CT molecular complexity index is 1330. The van der Waals surface area contributed by atoms with Gasteiger partial charge in [-0.25, -0.2) is 9.59 Å². The highest BCUT2D eigenvalue weighted by Gasteiger charge is 2.32. The van der Waals surface area contributed by atoms with Crippen molar-refractivity contribution in [1.29, 1.82) is 0 Å². The molecule has 14 nitrogen and oxygen atoms in total. The molecule has 2 atom stereocenters. The number of esters is 1. The minimum absolute atomic E-state index is 0.0477. The lowest BCUT2D eigenvalue weighted by Crippen LogP contribution is -2.45. The number of aromatic hydroxyl groups is 1. The zero-order valence-electron chi connectivity index (χ0n) is 21.1. The quantitative estimate of drug-likeness (QED) is 0.0832. The molecule has 2 aromatic rings. The van der Waals surface area contributed by atoms with Crippen molar-refractivity contribution in [2.75, 3.05) is 20.3 Å². The molecular formula is C24H26BrN5O9. The van der Waals surface area contributed by atoms with Gasteiger partial charge in [-0.15, -0.1) is 0 Å². The van der Waals surface area contributed by atoms with Crippen LogP contribution in [0.5, 0.6) is 17.2 Å². The number of aliphatic hydroxyl groups is 1. The molecule has 15 heteroatoms. The van der Waals surface area contributed by atoms with Crippen molar-refractivity contribution in [3.8, 4) is 17.2 Å². The largest absolute Gasteiger partial charge is 0.502 e. The standard InChI is InChI=1S/C24H26BrN5O9/c1-4-38-18-8-13(21-20(23(33)37-3)12(2)27-24(34)28-21)5-6-17(18)39-11-19(31)29-26-10-14-7-15(25)9-16(22(14)32)30(35)36/h5-10,19,21,29,31-32H,4,11H2,1-3H3,(H2,27,28,34)/b26-10+/t19-,21-/m0/s1. The van der Waals surface area contributed by atoms with Crippen molar-refractivity contribution in [3.63, 3.8) is 0 Å². The number of nitrogens with zero attached hydrogens (tertiary/aromatic N) is 2. The fraction of sp³-hybridized carbons (Fsp3) is 0.292. The number of benzene rings is 2. The molecule has 0 aliphatic carbocycles. The highest BCUT2D eigenvalue weighted by atomic mass is 79.9. The number of halogens is 1. The summed E-state index contributed by atoms with van der Waals surface area (Å²) in [5, 5.41) is 40.4. The summed E-state index contributed by atoms with van der Waals surface area (Å²) in [5.74, 6) is -0.618. The molecule has 0 unspecified atom stereocenters. The number of rotatable bonds is 11. The number of amides is 2. The van der Waals surface area contributed by atoms with Gasteiger partial charge in [-0.3, -0.25) is 15.5 Å². The summed E-state index contributed by atoms with van der Waals surface area (Å²) in [4.78, 5) is 34.8. The average molecular weight is 608 g/mol. The number of carbonyl (C=O) groups is 2. The van der Waals surface area contributed by atoms with Crippen molar-refractivity contribution >= 4 is 39.8 Å². The van der Waals surface area contributed by atoms with E-state index in [1.165, 1.54) is 13.2 Å². The van der Waals surface area contributed by atoms with E-state index in [9.17, 15) is 29.9 Å². The van der Waals surface area contributed by atoms with Crippen LogP contribution in [0.4, 0.5) is 10.5 Å². The van der Waals surface area contributed by atoms with Crippen LogP contribution < -0.4 is 25.5 Å². The maximum Gasteiger partial charge on any atom is 0.337 e. The SMILES string of the molecule is CCOc1cc([C@@H]2NC(=O)NC(C)=C2C(=O)OC)ccc1OC[C@H](O)N/N=C/c1cc(Br)cc([N+](=O)[O-])c1O. The van der Waals surface area contributed by atoms with E-state index in [0.717, 1.165) is 12.3 Å². The molecule has 1 aliphatic rings. The average Bonchev–Trinajstić information content (AvgIpc) is 2.88. The molecular weight excluding hydrogens is 582 g/mol. The van der Waals surface area contributed by atoms with Gasteiger partial charge in [0.05, 0.1) is 36.5 Å². The fourth-order valence-corrected chi connectivity index (χ4v) is 4.12. The van der Waals surface area contributed by atoms with Crippen LogP contribution in [0.25, 0.3) is 0 Å². The number of methoxy groups -OCH3 is 1. The Kier molecular flexibility index (Phi) is 9.68. The molecule has 2 aromatic carbocycles. The molecule has 0 fully saturated rings. The third-order valence-corrected chi connectivity index (χ3v) is 5.84. The van der Waals surface area contributed by atoms with Gasteiger partial charge < -0.3 is 35.1 Å². The number of carbonyl (C=O) groups excluding carboxylic acids is 2. The number of hydrogen-bond acceptors (Lipinski definition) is 11. The second-order valence-corrected chi connectivity index (χ2v) is 8.95. The first-order chi connectivity index (χ1) is 18.5. The van der Waals surface area contributed by atoms with Crippen LogP contribution in [0, 0.1) is 10.1 Å². The van der Waals surface area contributed by atoms with Crippen molar-refractivity contribution in [2.45, 2.75) is 26.1 Å². The zero-order chi connectivity index (χ0) is 28.7. The van der Waals surface area contributed by atoms with E-state index in [2.05, 4.69) is 37.1 Å². The second kappa shape index (κ2) is 12.9. The van der Waals surface area contributed by atoms with Gasteiger partial charge in [0, 0.05) is 21.8 Å². The number of nitro benzene ring substituents is 1. The molecule has 0 spiro atoms. The van der Waals surface area contributed by atoms with E-state index >= 15 is 0 Å². The summed E-state index contributed by atoms with van der Waals surface area (Å²) in [5.41, 5.74) is 3.06. The Morgan fingerprint density at radius 1 is 1.31 bits per heavy atom. The van der Waals surface area contributed by atoms with E-state index in [1.807, 2.05) is 0 Å². The molecule has 0 saturated heterocycles. The van der Waals surface area contributed by atoms with Gasteiger partial charge in [0.15, 0.2) is 17.7 Å². The van der Waals surface area contributed by atoms with E-state index < -0.39 is 40.6 Å². The number of hydrazone groups is 1. The third kappa shape index (κ3) is 7.14. The molecule has 0 aromatic heterocycles. The maximum absolute atomic E-state index is 12.4. The Morgan fingerprint density at radius 3 is 2.72 bits per heavy atom. The first-order valence-electron chi connectivity index (χ1n) is 11.4. The predicted molar refractivity (Wildman–Crippen MR) is 141 cm³/mol. The Morgan fingerprint density at radius 2 is 2.05 bits per heavy atom. The Balaban J connectivity index is 1.72. The lowest BCUT2D eigenvalue weighted by atomic mass is 9.95. The minimum Gasteiger partial charge on any atom is -0.502 e. The smallest absolute Gasteiger partial charge is 0.337 e. The summed E-state index contributed by atoms with van der Waals surface area (Å²) in [7, 11) is 1.24. The molecule has 208 valence electrons. The normalized spacial score (nSPS) is 15.8. The van der Waals surface area contributed by atoms with E-state index in [4.69, 9.17) is 14.2 Å². The summed E-state index contributed by atoms with van der Waals surface area (Å²) in [6.07, 6.45) is -0.196. The summed E-state index contributed by atoms with van der Waals surface area (Å²) in [6, 6.07) is 6.08. The molecule has 3 rings (SSSR count). The zero-order valence-corrected chi connectivity index (χ0v) is 22.6. The van der Waals surface area contributed by atoms with E-state index in [0.29, 0.717) is 21.5 Å². The molecule has 1 aliphatic heterocycles. The molecule has 1 heterocycles. The van der Waals surface area contributed by atoms with Crippen molar-refractivity contribution in [2.24, 2.45) is 5.10 Å². The summed E-state index contributed by atoms with van der Waals surface area (Å²) >= 11 is 3.13. The fourth-order valence-electron chi connectivity index (χ4n) is 3.66. The molecule has 0 bridgehead atoms. The van der Waals surface area contributed by atoms with Gasteiger partial charge in [-0.05, 0) is 37.6 Å². The van der Waals surface area contributed by atoms with E-state index in [-0.39, 0.29) is 30.1 Å². The van der Waals surface area contributed by atoms with Gasteiger partial charge >= 0.3 is 17.7 Å². The van der Waals surface area contributed by atoms with Gasteiger partial charge in [-0.1, -0.05) is 22.0 Å². The number of nitrogens with one attached hydrogen (secondary N) is 3. The Labute approximate surface area is 230 Å². The van der Waals surface area contributed by atoms with Gasteiger partial charge in [0.2, 0.25) is 5.75 Å². The van der Waals surface area contributed by atoms with Crippen molar-refractivity contribution < 1.29 is 38.9 Å². The number of aliphatic hydroxyl groups excluding tert-OH is 1. The molecule has 39 heavy (non-hydrogen) atoms. The van der Waals surface area contributed by atoms with E-state index in [1.54, 1.807) is 32.0 Å². The first kappa shape index (κ1) is 29.2. The lowest BCUT2D eigenvalue weighted by molar-refractivity contribution is -0.385. The number of phenols is 1. The number of phenolic OH excluding ortho intramolecular Hbond substituents is 1. The van der Waals surface area contributed by atoms with Gasteiger partial charge in [-0.2, -0.15) is 5.10 Å². The predicted octanol–water partition coefficient (Wildman–Crippen LogP) is 2.58. The van der Waals surface area contributed by atoms with Crippen LogP contribution in [-0.4, -0.2) is 59.9 Å². The van der Waals surface area contributed by atoms with Crippen molar-refractivity contribution in [1.82, 2.24) is 16.1 Å². The first-order valence-corrected chi connectivity index (χ1v) is 12.2. The number of urea groups is 1. The third-order valence-electron chi connectivity index (χ3n) is 5.38. The van der Waals surface area contributed by atoms with Gasteiger partial charge in [0.25, 0.3) is 0 Å². The van der Waals surface area contributed by atoms with Crippen molar-refractivity contribution in [3.05, 3.63) is 67.3 Å². The van der Waals surface area contributed by atoms with Crippen LogP contribution in [0.1, 0.15) is 31.0 Å². The highest BCUT2D eigenvalue weighted by Crippen LogP contribution is 2.35. The van der Waals surface area contributed by atoms with Crippen LogP contribution in [-0.2, 0) is 9.53 Å². The van der Waals surface area contributed by atoms with Crippen LogP contribution in [0.15, 0.2) is 51.2 Å². The maximum atomic E-state index is 12.4.